The monoisotopic (exact) mass is 237 g/mol. The van der Waals surface area contributed by atoms with Crippen LogP contribution in [0.2, 0.25) is 0 Å². The SMILES string of the molecule is CCC(C#N)N1CCN(c2nncs2)CC1. The van der Waals surface area contributed by atoms with Crippen LogP contribution in [-0.4, -0.2) is 47.3 Å². The summed E-state index contributed by atoms with van der Waals surface area (Å²) in [4.78, 5) is 4.48. The number of aromatic nitrogens is 2. The molecule has 5 nitrogen and oxygen atoms in total. The van der Waals surface area contributed by atoms with Gasteiger partial charge in [-0.15, -0.1) is 10.2 Å². The van der Waals surface area contributed by atoms with Crippen LogP contribution in [0, 0.1) is 11.3 Å². The summed E-state index contributed by atoms with van der Waals surface area (Å²) >= 11 is 1.57. The van der Waals surface area contributed by atoms with Crippen molar-refractivity contribution in [1.82, 2.24) is 15.1 Å². The maximum atomic E-state index is 9.00. The molecule has 1 atom stereocenters. The van der Waals surface area contributed by atoms with Crippen LogP contribution in [0.15, 0.2) is 5.51 Å². The van der Waals surface area contributed by atoms with Crippen LogP contribution < -0.4 is 4.90 Å². The molecule has 1 fully saturated rings. The van der Waals surface area contributed by atoms with Crippen molar-refractivity contribution in [3.8, 4) is 6.07 Å². The van der Waals surface area contributed by atoms with Crippen molar-refractivity contribution in [2.75, 3.05) is 31.1 Å². The number of hydrogen-bond donors (Lipinski definition) is 0. The molecule has 0 bridgehead atoms. The standard InChI is InChI=1S/C10H15N5S/c1-2-9(7-11)14-3-5-15(6-4-14)10-13-12-8-16-10/h8-9H,2-6H2,1H3. The molecule has 0 saturated carbocycles. The van der Waals surface area contributed by atoms with Crippen molar-refractivity contribution >= 4 is 16.5 Å². The van der Waals surface area contributed by atoms with Crippen molar-refractivity contribution in [1.29, 1.82) is 5.26 Å². The van der Waals surface area contributed by atoms with E-state index < -0.39 is 0 Å². The zero-order valence-electron chi connectivity index (χ0n) is 9.33. The number of hydrogen-bond acceptors (Lipinski definition) is 6. The average Bonchev–Trinajstić information content (AvgIpc) is 2.85. The lowest BCUT2D eigenvalue weighted by Crippen LogP contribution is -2.49. The number of nitriles is 1. The summed E-state index contributed by atoms with van der Waals surface area (Å²) in [5.41, 5.74) is 1.76. The van der Waals surface area contributed by atoms with Gasteiger partial charge < -0.3 is 4.90 Å². The third-order valence-electron chi connectivity index (χ3n) is 2.91. The molecule has 0 aliphatic carbocycles. The summed E-state index contributed by atoms with van der Waals surface area (Å²) in [5, 5.41) is 17.9. The third kappa shape index (κ3) is 2.31. The van der Waals surface area contributed by atoms with Gasteiger partial charge in [-0.2, -0.15) is 5.26 Å². The lowest BCUT2D eigenvalue weighted by Gasteiger charge is -2.36. The van der Waals surface area contributed by atoms with Crippen LogP contribution in [0.25, 0.3) is 0 Å². The van der Waals surface area contributed by atoms with Gasteiger partial charge in [-0.3, -0.25) is 4.90 Å². The first kappa shape index (κ1) is 11.3. The van der Waals surface area contributed by atoms with Gasteiger partial charge in [0.1, 0.15) is 5.51 Å². The summed E-state index contributed by atoms with van der Waals surface area (Å²) < 4.78 is 0. The maximum Gasteiger partial charge on any atom is 0.208 e. The maximum absolute atomic E-state index is 9.00. The highest BCUT2D eigenvalue weighted by Gasteiger charge is 2.23. The largest absolute Gasteiger partial charge is 0.344 e. The Morgan fingerprint density at radius 3 is 2.75 bits per heavy atom. The zero-order chi connectivity index (χ0) is 11.4. The Balaban J connectivity index is 1.90. The van der Waals surface area contributed by atoms with E-state index in [1.54, 1.807) is 16.8 Å². The predicted molar refractivity (Wildman–Crippen MR) is 63.4 cm³/mol. The predicted octanol–water partition coefficient (Wildman–Crippen LogP) is 0.962. The van der Waals surface area contributed by atoms with Gasteiger partial charge in [-0.25, -0.2) is 0 Å². The Bertz CT molecular complexity index is 350. The summed E-state index contributed by atoms with van der Waals surface area (Å²) in [5.74, 6) is 0. The smallest absolute Gasteiger partial charge is 0.208 e. The summed E-state index contributed by atoms with van der Waals surface area (Å²) in [6.07, 6.45) is 0.898. The fraction of sp³-hybridized carbons (Fsp3) is 0.700. The number of anilines is 1. The highest BCUT2D eigenvalue weighted by molar-refractivity contribution is 7.13. The molecular formula is C10H15N5S. The van der Waals surface area contributed by atoms with Crippen LogP contribution in [0.5, 0.6) is 0 Å². The molecule has 1 saturated heterocycles. The quantitative estimate of drug-likeness (QED) is 0.784. The topological polar surface area (TPSA) is 56.1 Å². The third-order valence-corrected chi connectivity index (χ3v) is 3.66. The zero-order valence-corrected chi connectivity index (χ0v) is 10.2. The summed E-state index contributed by atoms with van der Waals surface area (Å²) in [7, 11) is 0. The molecule has 2 heterocycles. The first-order valence-corrected chi connectivity index (χ1v) is 6.38. The molecule has 1 aromatic heterocycles. The Morgan fingerprint density at radius 2 is 2.25 bits per heavy atom. The van der Waals surface area contributed by atoms with Crippen LogP contribution >= 0.6 is 11.3 Å². The van der Waals surface area contributed by atoms with Crippen molar-refractivity contribution in [2.24, 2.45) is 0 Å². The van der Waals surface area contributed by atoms with E-state index in [0.29, 0.717) is 0 Å². The van der Waals surface area contributed by atoms with E-state index >= 15 is 0 Å². The van der Waals surface area contributed by atoms with Crippen molar-refractivity contribution in [3.05, 3.63) is 5.51 Å². The van der Waals surface area contributed by atoms with E-state index in [9.17, 15) is 0 Å². The summed E-state index contributed by atoms with van der Waals surface area (Å²) in [6.45, 7) is 5.81. The average molecular weight is 237 g/mol. The van der Waals surface area contributed by atoms with E-state index in [-0.39, 0.29) is 6.04 Å². The minimum Gasteiger partial charge on any atom is -0.344 e. The Kier molecular flexibility index (Phi) is 3.70. The molecular weight excluding hydrogens is 222 g/mol. The van der Waals surface area contributed by atoms with E-state index in [2.05, 4.69) is 33.0 Å². The van der Waals surface area contributed by atoms with Crippen LogP contribution in [0.3, 0.4) is 0 Å². The van der Waals surface area contributed by atoms with E-state index in [0.717, 1.165) is 37.7 Å². The highest BCUT2D eigenvalue weighted by Crippen LogP contribution is 2.18. The summed E-state index contributed by atoms with van der Waals surface area (Å²) in [6, 6.07) is 2.42. The van der Waals surface area contributed by atoms with E-state index in [4.69, 9.17) is 5.26 Å². The van der Waals surface area contributed by atoms with Gasteiger partial charge in [0.15, 0.2) is 0 Å². The second-order valence-electron chi connectivity index (χ2n) is 3.80. The van der Waals surface area contributed by atoms with Gasteiger partial charge in [0, 0.05) is 26.2 Å². The molecule has 1 aromatic rings. The molecule has 2 rings (SSSR count). The van der Waals surface area contributed by atoms with Gasteiger partial charge in [0.05, 0.1) is 12.1 Å². The molecule has 1 aliphatic heterocycles. The van der Waals surface area contributed by atoms with Crippen LogP contribution in [0.1, 0.15) is 13.3 Å². The Labute approximate surface area is 99.3 Å². The van der Waals surface area contributed by atoms with Gasteiger partial charge in [-0.1, -0.05) is 18.3 Å². The molecule has 0 aromatic carbocycles. The van der Waals surface area contributed by atoms with Crippen LogP contribution in [0.4, 0.5) is 5.13 Å². The number of piperazine rings is 1. The second-order valence-corrected chi connectivity index (χ2v) is 4.61. The molecule has 0 radical (unpaired) electrons. The van der Waals surface area contributed by atoms with Gasteiger partial charge in [-0.05, 0) is 6.42 Å². The van der Waals surface area contributed by atoms with Gasteiger partial charge in [0.25, 0.3) is 0 Å². The molecule has 1 aliphatic rings. The van der Waals surface area contributed by atoms with Crippen molar-refractivity contribution in [3.63, 3.8) is 0 Å². The first-order chi connectivity index (χ1) is 7.85. The lowest BCUT2D eigenvalue weighted by molar-refractivity contribution is 0.216. The Hall–Kier alpha value is -1.19. The lowest BCUT2D eigenvalue weighted by atomic mass is 10.2. The minimum atomic E-state index is 0.0663. The normalized spacial score (nSPS) is 19.4. The first-order valence-electron chi connectivity index (χ1n) is 5.50. The number of nitrogens with zero attached hydrogens (tertiary/aromatic N) is 5. The van der Waals surface area contributed by atoms with Gasteiger partial charge >= 0.3 is 0 Å². The minimum absolute atomic E-state index is 0.0663. The fourth-order valence-electron chi connectivity index (χ4n) is 1.96. The highest BCUT2D eigenvalue weighted by atomic mass is 32.1. The molecule has 0 N–H and O–H groups in total. The van der Waals surface area contributed by atoms with E-state index in [1.807, 2.05) is 0 Å². The molecule has 86 valence electrons. The van der Waals surface area contributed by atoms with Crippen molar-refractivity contribution in [2.45, 2.75) is 19.4 Å². The van der Waals surface area contributed by atoms with Crippen LogP contribution in [-0.2, 0) is 0 Å². The molecule has 1 unspecified atom stereocenters. The molecule has 16 heavy (non-hydrogen) atoms. The molecule has 6 heteroatoms. The molecule has 0 spiro atoms. The van der Waals surface area contributed by atoms with Crippen molar-refractivity contribution < 1.29 is 0 Å². The second kappa shape index (κ2) is 5.23. The number of rotatable bonds is 3. The Morgan fingerprint density at radius 1 is 1.50 bits per heavy atom. The fourth-order valence-corrected chi connectivity index (χ4v) is 2.58. The molecule has 0 amide bonds. The van der Waals surface area contributed by atoms with E-state index in [1.165, 1.54) is 0 Å². The van der Waals surface area contributed by atoms with Gasteiger partial charge in [0.2, 0.25) is 5.13 Å².